The lowest BCUT2D eigenvalue weighted by molar-refractivity contribution is 0.811. The monoisotopic (exact) mass is 264 g/mol. The topological polar surface area (TPSA) is 17.8 Å². The van der Waals surface area contributed by atoms with E-state index in [4.69, 9.17) is 0 Å². The standard InChI is InChI=1S/C12H13BrN2/c1-2-12-10(8-13)9-14-15(12)11-6-4-3-5-7-11/h3-7,9H,2,8H2,1H3. The van der Waals surface area contributed by atoms with Crippen LogP contribution in [0, 0.1) is 0 Å². The molecule has 0 unspecified atom stereocenters. The SMILES string of the molecule is CCc1c(CBr)cnn1-c1ccccc1. The van der Waals surface area contributed by atoms with Crippen molar-refractivity contribution in [3.8, 4) is 5.69 Å². The van der Waals surface area contributed by atoms with Gasteiger partial charge in [-0.3, -0.25) is 0 Å². The highest BCUT2D eigenvalue weighted by Crippen LogP contribution is 2.17. The van der Waals surface area contributed by atoms with Gasteiger partial charge in [-0.25, -0.2) is 4.68 Å². The van der Waals surface area contributed by atoms with Crippen LogP contribution in [0.2, 0.25) is 0 Å². The predicted molar refractivity (Wildman–Crippen MR) is 65.6 cm³/mol. The van der Waals surface area contributed by atoms with Crippen molar-refractivity contribution in [3.63, 3.8) is 0 Å². The van der Waals surface area contributed by atoms with Crippen LogP contribution < -0.4 is 0 Å². The summed E-state index contributed by atoms with van der Waals surface area (Å²) < 4.78 is 2.01. The molecule has 15 heavy (non-hydrogen) atoms. The maximum atomic E-state index is 4.41. The Hall–Kier alpha value is -1.09. The summed E-state index contributed by atoms with van der Waals surface area (Å²) in [6, 6.07) is 10.2. The van der Waals surface area contributed by atoms with E-state index in [0.29, 0.717) is 0 Å². The van der Waals surface area contributed by atoms with Gasteiger partial charge in [0, 0.05) is 16.6 Å². The molecule has 0 saturated heterocycles. The van der Waals surface area contributed by atoms with Gasteiger partial charge in [0.05, 0.1) is 11.9 Å². The first-order valence-corrected chi connectivity index (χ1v) is 6.16. The smallest absolute Gasteiger partial charge is 0.0648 e. The van der Waals surface area contributed by atoms with Crippen molar-refractivity contribution in [3.05, 3.63) is 47.8 Å². The quantitative estimate of drug-likeness (QED) is 0.778. The minimum Gasteiger partial charge on any atom is -0.238 e. The number of rotatable bonds is 3. The molecule has 0 spiro atoms. The van der Waals surface area contributed by atoms with Gasteiger partial charge in [-0.15, -0.1) is 0 Å². The van der Waals surface area contributed by atoms with Crippen molar-refractivity contribution < 1.29 is 0 Å². The van der Waals surface area contributed by atoms with Gasteiger partial charge >= 0.3 is 0 Å². The Morgan fingerprint density at radius 2 is 2.00 bits per heavy atom. The molecule has 0 bridgehead atoms. The van der Waals surface area contributed by atoms with Crippen LogP contribution in [0.4, 0.5) is 0 Å². The molecule has 0 amide bonds. The fraction of sp³-hybridized carbons (Fsp3) is 0.250. The van der Waals surface area contributed by atoms with Gasteiger partial charge in [-0.1, -0.05) is 41.1 Å². The number of aromatic nitrogens is 2. The lowest BCUT2D eigenvalue weighted by atomic mass is 10.2. The second-order valence-electron chi connectivity index (χ2n) is 3.35. The lowest BCUT2D eigenvalue weighted by Gasteiger charge is -2.06. The zero-order valence-electron chi connectivity index (χ0n) is 8.65. The minimum atomic E-state index is 0.864. The molecule has 1 aromatic carbocycles. The van der Waals surface area contributed by atoms with E-state index in [9.17, 15) is 0 Å². The van der Waals surface area contributed by atoms with E-state index >= 15 is 0 Å². The Morgan fingerprint density at radius 1 is 1.27 bits per heavy atom. The van der Waals surface area contributed by atoms with E-state index in [1.165, 1.54) is 11.3 Å². The second-order valence-corrected chi connectivity index (χ2v) is 3.91. The van der Waals surface area contributed by atoms with Gasteiger partial charge < -0.3 is 0 Å². The molecule has 0 aliphatic heterocycles. The van der Waals surface area contributed by atoms with Gasteiger partial charge in [-0.05, 0) is 18.6 Å². The summed E-state index contributed by atoms with van der Waals surface area (Å²) in [7, 11) is 0. The van der Waals surface area contributed by atoms with Crippen LogP contribution >= 0.6 is 15.9 Å². The molecule has 78 valence electrons. The van der Waals surface area contributed by atoms with E-state index in [0.717, 1.165) is 17.4 Å². The molecule has 3 heteroatoms. The van der Waals surface area contributed by atoms with E-state index < -0.39 is 0 Å². The van der Waals surface area contributed by atoms with Gasteiger partial charge in [0.15, 0.2) is 0 Å². The molecular formula is C12H13BrN2. The van der Waals surface area contributed by atoms with Crippen molar-refractivity contribution in [1.29, 1.82) is 0 Å². The molecule has 0 radical (unpaired) electrons. The average Bonchev–Trinajstić information content (AvgIpc) is 2.72. The van der Waals surface area contributed by atoms with Crippen molar-refractivity contribution in [2.24, 2.45) is 0 Å². The molecule has 0 aliphatic carbocycles. The third-order valence-corrected chi connectivity index (χ3v) is 3.04. The van der Waals surface area contributed by atoms with E-state index in [2.05, 4.69) is 40.1 Å². The highest BCUT2D eigenvalue weighted by atomic mass is 79.9. The Labute approximate surface area is 98.1 Å². The zero-order valence-corrected chi connectivity index (χ0v) is 10.2. The van der Waals surface area contributed by atoms with Crippen molar-refractivity contribution in [2.45, 2.75) is 18.7 Å². The highest BCUT2D eigenvalue weighted by Gasteiger charge is 2.08. The molecule has 2 rings (SSSR count). The molecule has 1 aromatic heterocycles. The third-order valence-electron chi connectivity index (χ3n) is 2.44. The third kappa shape index (κ3) is 1.97. The molecule has 0 N–H and O–H groups in total. The maximum absolute atomic E-state index is 4.41. The van der Waals surface area contributed by atoms with Crippen molar-refractivity contribution >= 4 is 15.9 Å². The van der Waals surface area contributed by atoms with Gasteiger partial charge in [0.25, 0.3) is 0 Å². The summed E-state index contributed by atoms with van der Waals surface area (Å²) in [6.07, 6.45) is 2.93. The van der Waals surface area contributed by atoms with E-state index in [1.807, 2.05) is 29.1 Å². The van der Waals surface area contributed by atoms with Crippen LogP contribution in [-0.4, -0.2) is 9.78 Å². The maximum Gasteiger partial charge on any atom is 0.0648 e. The Kier molecular flexibility index (Phi) is 3.21. The van der Waals surface area contributed by atoms with Crippen molar-refractivity contribution in [2.75, 3.05) is 0 Å². The Morgan fingerprint density at radius 3 is 2.60 bits per heavy atom. The summed E-state index contributed by atoms with van der Waals surface area (Å²) in [5, 5.41) is 5.28. The largest absolute Gasteiger partial charge is 0.238 e. The van der Waals surface area contributed by atoms with Crippen LogP contribution in [-0.2, 0) is 11.8 Å². The summed E-state index contributed by atoms with van der Waals surface area (Å²) in [5.74, 6) is 0. The van der Waals surface area contributed by atoms with Crippen LogP contribution in [0.3, 0.4) is 0 Å². The van der Waals surface area contributed by atoms with Crippen LogP contribution in [0.1, 0.15) is 18.2 Å². The summed E-state index contributed by atoms with van der Waals surface area (Å²) in [6.45, 7) is 2.16. The molecule has 0 aliphatic rings. The molecule has 2 aromatic rings. The molecule has 1 heterocycles. The first-order chi connectivity index (χ1) is 7.36. The van der Waals surface area contributed by atoms with Gasteiger partial charge in [0.2, 0.25) is 0 Å². The predicted octanol–water partition coefficient (Wildman–Crippen LogP) is 3.33. The fourth-order valence-corrected chi connectivity index (χ4v) is 2.16. The molecular weight excluding hydrogens is 252 g/mol. The second kappa shape index (κ2) is 4.62. The van der Waals surface area contributed by atoms with Crippen molar-refractivity contribution in [1.82, 2.24) is 9.78 Å². The lowest BCUT2D eigenvalue weighted by Crippen LogP contribution is -2.01. The number of halogens is 1. The number of hydrogen-bond donors (Lipinski definition) is 0. The number of benzene rings is 1. The molecule has 0 fully saturated rings. The number of hydrogen-bond acceptors (Lipinski definition) is 1. The van der Waals surface area contributed by atoms with Gasteiger partial charge in [-0.2, -0.15) is 5.10 Å². The number of para-hydroxylation sites is 1. The minimum absolute atomic E-state index is 0.864. The number of nitrogens with zero attached hydrogens (tertiary/aromatic N) is 2. The van der Waals surface area contributed by atoms with Crippen LogP contribution in [0.15, 0.2) is 36.5 Å². The molecule has 2 nitrogen and oxygen atoms in total. The van der Waals surface area contributed by atoms with Crippen LogP contribution in [0.25, 0.3) is 5.69 Å². The first-order valence-electron chi connectivity index (χ1n) is 5.04. The van der Waals surface area contributed by atoms with E-state index in [-0.39, 0.29) is 0 Å². The highest BCUT2D eigenvalue weighted by molar-refractivity contribution is 9.08. The first kappa shape index (κ1) is 10.4. The normalized spacial score (nSPS) is 10.5. The summed E-state index contributed by atoms with van der Waals surface area (Å²) in [5.41, 5.74) is 3.67. The Balaban J connectivity index is 2.49. The molecule has 0 saturated carbocycles. The number of alkyl halides is 1. The van der Waals surface area contributed by atoms with Gasteiger partial charge in [0.1, 0.15) is 0 Å². The average molecular weight is 265 g/mol. The van der Waals surface area contributed by atoms with Crippen LogP contribution in [0.5, 0.6) is 0 Å². The zero-order chi connectivity index (χ0) is 10.7. The molecule has 0 atom stereocenters. The summed E-state index contributed by atoms with van der Waals surface area (Å²) >= 11 is 3.48. The van der Waals surface area contributed by atoms with E-state index in [1.54, 1.807) is 0 Å². The fourth-order valence-electron chi connectivity index (χ4n) is 1.69. The Bertz CT molecular complexity index is 434. The summed E-state index contributed by atoms with van der Waals surface area (Å²) in [4.78, 5) is 0.